The summed E-state index contributed by atoms with van der Waals surface area (Å²) in [5.41, 5.74) is -0.721. The van der Waals surface area contributed by atoms with E-state index in [0.29, 0.717) is 13.2 Å². The van der Waals surface area contributed by atoms with E-state index in [1.165, 1.54) is 12.8 Å². The highest BCUT2D eigenvalue weighted by molar-refractivity contribution is 5.83. The van der Waals surface area contributed by atoms with Gasteiger partial charge in [-0.1, -0.05) is 12.8 Å². The van der Waals surface area contributed by atoms with E-state index in [0.717, 1.165) is 77.0 Å². The van der Waals surface area contributed by atoms with Gasteiger partial charge in [0.1, 0.15) is 24.3 Å². The highest BCUT2D eigenvalue weighted by Gasteiger charge is 2.33. The molecule has 0 aromatic carbocycles. The molecule has 0 heterocycles. The van der Waals surface area contributed by atoms with Gasteiger partial charge in [-0.05, 0) is 130 Å². The molecular weight excluding hydrogens is 588 g/mol. The maximum atomic E-state index is 13.0. The van der Waals surface area contributed by atoms with Crippen LogP contribution in [-0.4, -0.2) is 72.5 Å². The van der Waals surface area contributed by atoms with Gasteiger partial charge in [-0.3, -0.25) is 29.8 Å². The first kappa shape index (κ1) is 38.2. The van der Waals surface area contributed by atoms with Crippen LogP contribution in [0.3, 0.4) is 0 Å². The van der Waals surface area contributed by atoms with Gasteiger partial charge in [0.25, 0.3) is 0 Å². The van der Waals surface area contributed by atoms with E-state index in [4.69, 9.17) is 18.9 Å². The number of esters is 4. The first-order valence-corrected chi connectivity index (χ1v) is 17.9. The predicted molar refractivity (Wildman–Crippen MR) is 176 cm³/mol. The molecule has 3 saturated carbocycles. The Morgan fingerprint density at radius 2 is 0.870 bits per heavy atom. The Morgan fingerprint density at radius 1 is 0.543 bits per heavy atom. The number of carbonyl (C=O) groups excluding carboxylic acids is 4. The molecule has 2 N–H and O–H groups in total. The van der Waals surface area contributed by atoms with E-state index < -0.39 is 24.0 Å². The molecule has 46 heavy (non-hydrogen) atoms. The molecule has 0 amide bonds. The fourth-order valence-corrected chi connectivity index (χ4v) is 6.73. The molecule has 0 aromatic rings. The molecule has 3 fully saturated rings. The fraction of sp³-hybridized carbons (Fsp3) is 0.889. The van der Waals surface area contributed by atoms with E-state index in [1.54, 1.807) is 0 Å². The Bertz CT molecular complexity index is 889. The van der Waals surface area contributed by atoms with Crippen molar-refractivity contribution in [1.82, 2.24) is 10.6 Å². The normalized spacial score (nSPS) is 23.2. The van der Waals surface area contributed by atoms with E-state index >= 15 is 0 Å². The van der Waals surface area contributed by atoms with Crippen molar-refractivity contribution in [2.75, 3.05) is 13.2 Å². The van der Waals surface area contributed by atoms with Crippen LogP contribution in [0, 0.1) is 11.8 Å². The fourth-order valence-electron chi connectivity index (χ4n) is 6.73. The summed E-state index contributed by atoms with van der Waals surface area (Å²) < 4.78 is 22.8. The van der Waals surface area contributed by atoms with Crippen LogP contribution in [0.2, 0.25) is 0 Å². The first-order valence-electron chi connectivity index (χ1n) is 17.9. The van der Waals surface area contributed by atoms with Gasteiger partial charge in [-0.25, -0.2) is 0 Å². The third-order valence-electron chi connectivity index (χ3n) is 9.12. The summed E-state index contributed by atoms with van der Waals surface area (Å²) >= 11 is 0. The number of ether oxygens (including phenoxy) is 4. The van der Waals surface area contributed by atoms with Crippen LogP contribution in [0.1, 0.15) is 144 Å². The lowest BCUT2D eigenvalue weighted by molar-refractivity contribution is -0.159. The summed E-state index contributed by atoms with van der Waals surface area (Å²) in [4.78, 5) is 51.5. The lowest BCUT2D eigenvalue weighted by Gasteiger charge is -2.30. The maximum absolute atomic E-state index is 13.0. The molecule has 0 saturated heterocycles. The minimum Gasteiger partial charge on any atom is -0.465 e. The third kappa shape index (κ3) is 15.1. The quantitative estimate of drug-likeness (QED) is 0.173. The average molecular weight is 651 g/mol. The molecule has 0 spiro atoms. The second-order valence-electron chi connectivity index (χ2n) is 15.9. The van der Waals surface area contributed by atoms with Crippen LogP contribution >= 0.6 is 0 Å². The first-order chi connectivity index (χ1) is 21.7. The van der Waals surface area contributed by atoms with Crippen LogP contribution in [0.25, 0.3) is 0 Å². The van der Waals surface area contributed by atoms with Crippen molar-refractivity contribution in [3.05, 3.63) is 0 Å². The Hall–Kier alpha value is -2.20. The molecule has 0 aliphatic heterocycles. The molecule has 2 unspecified atom stereocenters. The van der Waals surface area contributed by atoms with Crippen molar-refractivity contribution in [3.8, 4) is 0 Å². The molecule has 0 radical (unpaired) electrons. The zero-order valence-electron chi connectivity index (χ0n) is 29.5. The monoisotopic (exact) mass is 650 g/mol. The second-order valence-corrected chi connectivity index (χ2v) is 15.9. The number of nitrogens with one attached hydrogen (secondary N) is 2. The van der Waals surface area contributed by atoms with Crippen molar-refractivity contribution in [2.24, 2.45) is 11.8 Å². The Balaban J connectivity index is 1.37. The molecule has 10 heteroatoms. The van der Waals surface area contributed by atoms with Crippen LogP contribution in [0.15, 0.2) is 0 Å². The smallest absolute Gasteiger partial charge is 0.324 e. The van der Waals surface area contributed by atoms with Gasteiger partial charge in [-0.2, -0.15) is 0 Å². The summed E-state index contributed by atoms with van der Waals surface area (Å²) in [6.07, 6.45) is 13.3. The Labute approximate surface area is 277 Å². The van der Waals surface area contributed by atoms with Gasteiger partial charge in [0.15, 0.2) is 0 Å². The SMILES string of the molecule is CC(C)(C)NC(CC(=O)OCC1CCC(COC(=O)CC(NC(C)(C)C)C(=O)OC2CCCCC2)CC1)C(=O)OC1CCCCC1. The van der Waals surface area contributed by atoms with Gasteiger partial charge >= 0.3 is 23.9 Å². The Kier molecular flexibility index (Phi) is 15.3. The van der Waals surface area contributed by atoms with E-state index in [9.17, 15) is 19.2 Å². The van der Waals surface area contributed by atoms with E-state index in [-0.39, 0.29) is 59.9 Å². The average Bonchev–Trinajstić information content (AvgIpc) is 2.98. The lowest BCUT2D eigenvalue weighted by atomic mass is 9.83. The minimum absolute atomic E-state index is 0.0621. The highest BCUT2D eigenvalue weighted by Crippen LogP contribution is 2.30. The van der Waals surface area contributed by atoms with Gasteiger partial charge in [0.05, 0.1) is 26.1 Å². The lowest BCUT2D eigenvalue weighted by Crippen LogP contribution is -2.50. The molecule has 3 rings (SSSR count). The number of carbonyl (C=O) groups is 4. The van der Waals surface area contributed by atoms with Gasteiger partial charge in [0.2, 0.25) is 0 Å². The summed E-state index contributed by atoms with van der Waals surface area (Å²) in [6, 6.07) is -1.49. The number of hydrogen-bond donors (Lipinski definition) is 2. The van der Waals surface area contributed by atoms with Gasteiger partial charge in [-0.15, -0.1) is 0 Å². The van der Waals surface area contributed by atoms with Crippen LogP contribution in [0.4, 0.5) is 0 Å². The molecule has 10 nitrogen and oxygen atoms in total. The summed E-state index contributed by atoms with van der Waals surface area (Å²) in [7, 11) is 0. The third-order valence-corrected chi connectivity index (χ3v) is 9.12. The predicted octanol–water partition coefficient (Wildman–Crippen LogP) is 5.92. The molecule has 2 atom stereocenters. The Morgan fingerprint density at radius 3 is 1.17 bits per heavy atom. The summed E-state index contributed by atoms with van der Waals surface area (Å²) in [6.45, 7) is 12.4. The number of rotatable bonds is 14. The van der Waals surface area contributed by atoms with Crippen molar-refractivity contribution in [3.63, 3.8) is 0 Å². The molecular formula is C36H62N2O8. The summed E-state index contributed by atoms with van der Waals surface area (Å²) in [5, 5.41) is 6.49. The van der Waals surface area contributed by atoms with Crippen molar-refractivity contribution in [2.45, 2.75) is 180 Å². The van der Waals surface area contributed by atoms with Gasteiger partial charge < -0.3 is 18.9 Å². The zero-order chi connectivity index (χ0) is 33.7. The topological polar surface area (TPSA) is 129 Å². The van der Waals surface area contributed by atoms with Crippen molar-refractivity contribution < 1.29 is 38.1 Å². The zero-order valence-corrected chi connectivity index (χ0v) is 29.5. The van der Waals surface area contributed by atoms with Crippen LogP contribution < -0.4 is 10.6 Å². The molecule has 264 valence electrons. The van der Waals surface area contributed by atoms with Crippen LogP contribution in [0.5, 0.6) is 0 Å². The standard InChI is InChI=1S/C36H62N2O8/c1-35(2,3)37-29(33(41)45-27-13-9-7-10-14-27)21-31(39)43-23-25-17-19-26(20-18-25)24-44-32(40)22-30(38-36(4,5)6)34(42)46-28-15-11-8-12-16-28/h25-30,37-38H,7-24H2,1-6H3. The van der Waals surface area contributed by atoms with E-state index in [2.05, 4.69) is 10.6 Å². The van der Waals surface area contributed by atoms with Crippen molar-refractivity contribution in [1.29, 1.82) is 0 Å². The van der Waals surface area contributed by atoms with Crippen LogP contribution in [-0.2, 0) is 38.1 Å². The highest BCUT2D eigenvalue weighted by atomic mass is 16.6. The van der Waals surface area contributed by atoms with Gasteiger partial charge in [0, 0.05) is 11.1 Å². The largest absolute Gasteiger partial charge is 0.465 e. The molecule has 3 aliphatic rings. The number of hydrogen-bond acceptors (Lipinski definition) is 10. The van der Waals surface area contributed by atoms with Crippen molar-refractivity contribution >= 4 is 23.9 Å². The molecule has 0 bridgehead atoms. The summed E-state index contributed by atoms with van der Waals surface area (Å²) in [5.74, 6) is -1.10. The minimum atomic E-state index is -0.743. The molecule has 3 aliphatic carbocycles. The van der Waals surface area contributed by atoms with E-state index in [1.807, 2.05) is 41.5 Å². The maximum Gasteiger partial charge on any atom is 0.324 e. The second kappa shape index (κ2) is 18.4. The molecule has 0 aromatic heterocycles.